The summed E-state index contributed by atoms with van der Waals surface area (Å²) in [5.74, 6) is -0.948. The molecule has 3 heteroatoms. The molecule has 0 radical (unpaired) electrons. The van der Waals surface area contributed by atoms with Crippen molar-refractivity contribution in [3.63, 3.8) is 0 Å². The van der Waals surface area contributed by atoms with Crippen molar-refractivity contribution in [2.75, 3.05) is 18.5 Å². The molecule has 1 aromatic carbocycles. The molecular formula is C13H17NO2. The van der Waals surface area contributed by atoms with E-state index in [2.05, 4.69) is 12.6 Å². The number of benzene rings is 1. The van der Waals surface area contributed by atoms with Crippen LogP contribution >= 0.6 is 0 Å². The maximum atomic E-state index is 10.7. The molecule has 0 spiro atoms. The van der Waals surface area contributed by atoms with Crippen LogP contribution in [0.1, 0.15) is 11.1 Å². The van der Waals surface area contributed by atoms with E-state index in [0.29, 0.717) is 6.54 Å². The molecule has 86 valence electrons. The number of carboxylic acids is 1. The first-order valence-corrected chi connectivity index (χ1v) is 5.11. The van der Waals surface area contributed by atoms with Crippen LogP contribution in [0.25, 0.3) is 0 Å². The number of aliphatic carboxylic acids is 1. The normalized spacial score (nSPS) is 9.94. The lowest BCUT2D eigenvalue weighted by atomic mass is 10.1. The number of anilines is 1. The lowest BCUT2D eigenvalue weighted by Gasteiger charge is -2.21. The molecule has 0 saturated heterocycles. The van der Waals surface area contributed by atoms with Crippen LogP contribution < -0.4 is 4.90 Å². The van der Waals surface area contributed by atoms with Crippen molar-refractivity contribution in [1.29, 1.82) is 0 Å². The highest BCUT2D eigenvalue weighted by molar-refractivity contribution is 5.87. The number of carboxylic acid groups (broad SMARTS) is 1. The Bertz CT molecular complexity index is 424. The largest absolute Gasteiger partial charge is 0.478 e. The minimum atomic E-state index is -0.948. The zero-order chi connectivity index (χ0) is 12.3. The van der Waals surface area contributed by atoms with E-state index in [0.717, 1.165) is 11.3 Å². The minimum Gasteiger partial charge on any atom is -0.478 e. The summed E-state index contributed by atoms with van der Waals surface area (Å²) >= 11 is 0. The molecule has 1 aromatic rings. The Balaban J connectivity index is 2.84. The molecule has 0 bridgehead atoms. The molecule has 0 aliphatic rings. The highest BCUT2D eigenvalue weighted by atomic mass is 16.4. The van der Waals surface area contributed by atoms with Gasteiger partial charge in [-0.1, -0.05) is 24.3 Å². The van der Waals surface area contributed by atoms with Crippen LogP contribution in [0, 0.1) is 13.8 Å². The van der Waals surface area contributed by atoms with Crippen molar-refractivity contribution in [2.45, 2.75) is 13.8 Å². The third kappa shape index (κ3) is 2.86. The maximum absolute atomic E-state index is 10.7. The number of hydrogen-bond donors (Lipinski definition) is 1. The van der Waals surface area contributed by atoms with E-state index in [1.165, 1.54) is 5.56 Å². The summed E-state index contributed by atoms with van der Waals surface area (Å²) in [7, 11) is 1.87. The Morgan fingerprint density at radius 3 is 2.56 bits per heavy atom. The van der Waals surface area contributed by atoms with Crippen molar-refractivity contribution in [3.8, 4) is 0 Å². The number of aryl methyl sites for hydroxylation is 2. The average molecular weight is 219 g/mol. The summed E-state index contributed by atoms with van der Waals surface area (Å²) in [6, 6.07) is 6.09. The monoisotopic (exact) mass is 219 g/mol. The second kappa shape index (κ2) is 4.84. The molecule has 1 rings (SSSR count). The summed E-state index contributed by atoms with van der Waals surface area (Å²) in [6.07, 6.45) is 0. The Kier molecular flexibility index (Phi) is 3.72. The molecule has 16 heavy (non-hydrogen) atoms. The van der Waals surface area contributed by atoms with Crippen LogP contribution in [0.15, 0.2) is 30.4 Å². The molecule has 0 aromatic heterocycles. The third-order valence-corrected chi connectivity index (χ3v) is 2.49. The number of nitrogens with zero attached hydrogens (tertiary/aromatic N) is 1. The van der Waals surface area contributed by atoms with Crippen LogP contribution in [-0.2, 0) is 4.79 Å². The van der Waals surface area contributed by atoms with E-state index in [1.807, 2.05) is 37.9 Å². The molecule has 1 N–H and O–H groups in total. The second-order valence-corrected chi connectivity index (χ2v) is 4.05. The van der Waals surface area contributed by atoms with Crippen molar-refractivity contribution in [1.82, 2.24) is 0 Å². The zero-order valence-electron chi connectivity index (χ0n) is 9.95. The first-order chi connectivity index (χ1) is 7.41. The van der Waals surface area contributed by atoms with Gasteiger partial charge in [0.2, 0.25) is 0 Å². The van der Waals surface area contributed by atoms with Gasteiger partial charge in [-0.15, -0.1) is 0 Å². The molecule has 0 amide bonds. The lowest BCUT2D eigenvalue weighted by molar-refractivity contribution is -0.132. The SMILES string of the molecule is C=C(CN(C)c1ccc(C)cc1C)C(=O)O. The summed E-state index contributed by atoms with van der Waals surface area (Å²) in [4.78, 5) is 12.6. The number of likely N-dealkylation sites (N-methyl/N-ethyl adjacent to an activating group) is 1. The van der Waals surface area contributed by atoms with E-state index in [9.17, 15) is 4.79 Å². The van der Waals surface area contributed by atoms with Crippen molar-refractivity contribution >= 4 is 11.7 Å². The van der Waals surface area contributed by atoms with Gasteiger partial charge in [0.1, 0.15) is 0 Å². The van der Waals surface area contributed by atoms with Gasteiger partial charge in [-0.25, -0.2) is 4.79 Å². The van der Waals surface area contributed by atoms with Crippen LogP contribution in [0.3, 0.4) is 0 Å². The number of carbonyl (C=O) groups is 1. The third-order valence-electron chi connectivity index (χ3n) is 2.49. The molecule has 3 nitrogen and oxygen atoms in total. The van der Waals surface area contributed by atoms with Gasteiger partial charge in [0.25, 0.3) is 0 Å². The predicted octanol–water partition coefficient (Wildman–Crippen LogP) is 2.38. The van der Waals surface area contributed by atoms with Gasteiger partial charge in [-0.2, -0.15) is 0 Å². The molecular weight excluding hydrogens is 202 g/mol. The Labute approximate surface area is 96.0 Å². The number of hydrogen-bond acceptors (Lipinski definition) is 2. The molecule has 0 saturated carbocycles. The summed E-state index contributed by atoms with van der Waals surface area (Å²) in [5.41, 5.74) is 3.57. The maximum Gasteiger partial charge on any atom is 0.332 e. The first-order valence-electron chi connectivity index (χ1n) is 5.11. The van der Waals surface area contributed by atoms with E-state index in [1.54, 1.807) is 0 Å². The van der Waals surface area contributed by atoms with E-state index in [4.69, 9.17) is 5.11 Å². The zero-order valence-corrected chi connectivity index (χ0v) is 9.95. The van der Waals surface area contributed by atoms with Crippen LogP contribution in [0.2, 0.25) is 0 Å². The van der Waals surface area contributed by atoms with Gasteiger partial charge in [0, 0.05) is 24.9 Å². The summed E-state index contributed by atoms with van der Waals surface area (Å²) in [6.45, 7) is 7.91. The standard InChI is InChI=1S/C13H17NO2/c1-9-5-6-12(10(2)7-9)14(4)8-11(3)13(15)16/h5-7H,3,8H2,1-2,4H3,(H,15,16). The van der Waals surface area contributed by atoms with Gasteiger partial charge < -0.3 is 10.0 Å². The minimum absolute atomic E-state index is 0.197. The fourth-order valence-corrected chi connectivity index (χ4v) is 1.67. The molecule has 0 heterocycles. The number of rotatable bonds is 4. The first kappa shape index (κ1) is 12.3. The topological polar surface area (TPSA) is 40.5 Å². The molecule has 0 unspecified atom stereocenters. The average Bonchev–Trinajstić information content (AvgIpc) is 2.16. The molecule has 0 atom stereocenters. The van der Waals surface area contributed by atoms with E-state index < -0.39 is 5.97 Å². The van der Waals surface area contributed by atoms with Gasteiger partial charge in [-0.05, 0) is 25.5 Å². The van der Waals surface area contributed by atoms with Gasteiger partial charge in [0.05, 0.1) is 0 Å². The Hall–Kier alpha value is -1.77. The fourth-order valence-electron chi connectivity index (χ4n) is 1.67. The highest BCUT2D eigenvalue weighted by Gasteiger charge is 2.10. The van der Waals surface area contributed by atoms with Crippen LogP contribution in [-0.4, -0.2) is 24.7 Å². The van der Waals surface area contributed by atoms with Crippen molar-refractivity contribution < 1.29 is 9.90 Å². The van der Waals surface area contributed by atoms with E-state index in [-0.39, 0.29) is 5.57 Å². The molecule has 0 aliphatic carbocycles. The van der Waals surface area contributed by atoms with Crippen molar-refractivity contribution in [3.05, 3.63) is 41.5 Å². The quantitative estimate of drug-likeness (QED) is 0.790. The highest BCUT2D eigenvalue weighted by Crippen LogP contribution is 2.20. The second-order valence-electron chi connectivity index (χ2n) is 4.05. The Morgan fingerprint density at radius 1 is 1.44 bits per heavy atom. The van der Waals surface area contributed by atoms with E-state index >= 15 is 0 Å². The molecule has 0 aliphatic heterocycles. The summed E-state index contributed by atoms with van der Waals surface area (Å²) in [5, 5.41) is 8.77. The lowest BCUT2D eigenvalue weighted by Crippen LogP contribution is -2.23. The van der Waals surface area contributed by atoms with Gasteiger partial charge in [0.15, 0.2) is 0 Å². The Morgan fingerprint density at radius 2 is 2.06 bits per heavy atom. The van der Waals surface area contributed by atoms with Crippen molar-refractivity contribution in [2.24, 2.45) is 0 Å². The fraction of sp³-hybridized carbons (Fsp3) is 0.308. The summed E-state index contributed by atoms with van der Waals surface area (Å²) < 4.78 is 0. The van der Waals surface area contributed by atoms with Crippen LogP contribution in [0.5, 0.6) is 0 Å². The van der Waals surface area contributed by atoms with Gasteiger partial charge >= 0.3 is 5.97 Å². The predicted molar refractivity (Wildman–Crippen MR) is 66.0 cm³/mol. The smallest absolute Gasteiger partial charge is 0.332 e. The molecule has 0 fully saturated rings. The van der Waals surface area contributed by atoms with Gasteiger partial charge in [-0.3, -0.25) is 0 Å². The van der Waals surface area contributed by atoms with Crippen LogP contribution in [0.4, 0.5) is 5.69 Å².